The van der Waals surface area contributed by atoms with Crippen LogP contribution in [0.4, 0.5) is 0 Å². The molecule has 0 heterocycles. The summed E-state index contributed by atoms with van der Waals surface area (Å²) in [6.07, 6.45) is 1.75. The van der Waals surface area contributed by atoms with Gasteiger partial charge < -0.3 is 5.32 Å². The topological polar surface area (TPSA) is 12.0 Å². The number of alkyl halides is 1. The van der Waals surface area contributed by atoms with Crippen LogP contribution in [0.15, 0.2) is 11.1 Å². The lowest BCUT2D eigenvalue weighted by Crippen LogP contribution is -1.93. The van der Waals surface area contributed by atoms with E-state index in [1.165, 1.54) is 0 Å². The maximum atomic E-state index is 5.35. The molecule has 0 bridgehead atoms. The van der Waals surface area contributed by atoms with Crippen LogP contribution < -0.4 is 5.32 Å². The van der Waals surface area contributed by atoms with E-state index in [1.54, 1.807) is 6.20 Å². The fourth-order valence-corrected chi connectivity index (χ4v) is 0.411. The van der Waals surface area contributed by atoms with Gasteiger partial charge in [0, 0.05) is 18.2 Å². The maximum Gasteiger partial charge on any atom is 0.0545 e. The van der Waals surface area contributed by atoms with E-state index in [1.807, 2.05) is 7.05 Å². The first-order valence-electron chi connectivity index (χ1n) is 1.92. The third-order valence-electron chi connectivity index (χ3n) is 0.448. The molecular formula is C4H8ClNS. The quantitative estimate of drug-likeness (QED) is 0.431. The number of allylic oxidation sites excluding steroid dienone is 1. The van der Waals surface area contributed by atoms with Gasteiger partial charge in [0.1, 0.15) is 0 Å². The van der Waals surface area contributed by atoms with Crippen LogP contribution in [-0.4, -0.2) is 12.9 Å². The molecule has 0 aromatic rings. The summed E-state index contributed by atoms with van der Waals surface area (Å²) in [4.78, 5) is 0.851. The lowest BCUT2D eigenvalue weighted by Gasteiger charge is -1.88. The van der Waals surface area contributed by atoms with Crippen LogP contribution in [-0.2, 0) is 0 Å². The van der Waals surface area contributed by atoms with Gasteiger partial charge in [0.25, 0.3) is 0 Å². The molecule has 0 spiro atoms. The second-order valence-electron chi connectivity index (χ2n) is 1.06. The molecule has 0 aliphatic carbocycles. The SMILES string of the molecule is CN/C=C(\S)CCl. The second-order valence-corrected chi connectivity index (χ2v) is 1.90. The highest BCUT2D eigenvalue weighted by molar-refractivity contribution is 7.84. The van der Waals surface area contributed by atoms with Gasteiger partial charge in [-0.15, -0.1) is 24.2 Å². The van der Waals surface area contributed by atoms with E-state index >= 15 is 0 Å². The van der Waals surface area contributed by atoms with Crippen molar-refractivity contribution in [3.05, 3.63) is 11.1 Å². The molecule has 7 heavy (non-hydrogen) atoms. The van der Waals surface area contributed by atoms with Gasteiger partial charge in [-0.3, -0.25) is 0 Å². The minimum Gasteiger partial charge on any atom is -0.393 e. The van der Waals surface area contributed by atoms with Crippen molar-refractivity contribution in [2.75, 3.05) is 12.9 Å². The van der Waals surface area contributed by atoms with Crippen LogP contribution in [0.2, 0.25) is 0 Å². The molecule has 0 aliphatic rings. The van der Waals surface area contributed by atoms with Gasteiger partial charge in [0.2, 0.25) is 0 Å². The van der Waals surface area contributed by atoms with Crippen LogP contribution in [0.1, 0.15) is 0 Å². The Labute approximate surface area is 54.2 Å². The molecule has 0 atom stereocenters. The summed E-state index contributed by atoms with van der Waals surface area (Å²) in [6, 6.07) is 0. The standard InChI is InChI=1S/C4H8ClNS/c1-6-3-4(7)2-5/h3,6-7H,2H2,1H3/b4-3-. The Balaban J connectivity index is 3.29. The minimum absolute atomic E-state index is 0.476. The summed E-state index contributed by atoms with van der Waals surface area (Å²) in [6.45, 7) is 0. The van der Waals surface area contributed by atoms with E-state index in [-0.39, 0.29) is 0 Å². The van der Waals surface area contributed by atoms with Gasteiger partial charge in [-0.2, -0.15) is 0 Å². The summed E-state index contributed by atoms with van der Waals surface area (Å²) in [5.74, 6) is 0.476. The van der Waals surface area contributed by atoms with Gasteiger partial charge in [0.05, 0.1) is 5.88 Å². The third kappa shape index (κ3) is 4.02. The zero-order valence-electron chi connectivity index (χ0n) is 4.11. The highest BCUT2D eigenvalue weighted by Crippen LogP contribution is 1.98. The van der Waals surface area contributed by atoms with E-state index in [4.69, 9.17) is 11.6 Å². The lowest BCUT2D eigenvalue weighted by atomic mass is 10.7. The summed E-state index contributed by atoms with van der Waals surface area (Å²) in [7, 11) is 1.81. The van der Waals surface area contributed by atoms with Crippen molar-refractivity contribution in [1.29, 1.82) is 0 Å². The highest BCUT2D eigenvalue weighted by Gasteiger charge is 1.79. The average molecular weight is 138 g/mol. The monoisotopic (exact) mass is 137 g/mol. The fraction of sp³-hybridized carbons (Fsp3) is 0.500. The number of thiol groups is 1. The van der Waals surface area contributed by atoms with E-state index in [0.717, 1.165) is 4.91 Å². The number of hydrogen-bond acceptors (Lipinski definition) is 2. The Kier molecular flexibility index (Phi) is 4.45. The van der Waals surface area contributed by atoms with E-state index in [2.05, 4.69) is 17.9 Å². The number of hydrogen-bond donors (Lipinski definition) is 2. The predicted octanol–water partition coefficient (Wildman–Crippen LogP) is 1.22. The van der Waals surface area contributed by atoms with Gasteiger partial charge in [-0.05, 0) is 0 Å². The van der Waals surface area contributed by atoms with Crippen LogP contribution in [0.5, 0.6) is 0 Å². The molecular weight excluding hydrogens is 130 g/mol. The molecule has 0 aromatic carbocycles. The molecule has 0 radical (unpaired) electrons. The Hall–Kier alpha value is 0.180. The molecule has 1 N–H and O–H groups in total. The molecule has 3 heteroatoms. The molecule has 0 amide bonds. The molecule has 0 rings (SSSR count). The fourth-order valence-electron chi connectivity index (χ4n) is 0.205. The lowest BCUT2D eigenvalue weighted by molar-refractivity contribution is 1.09. The van der Waals surface area contributed by atoms with Crippen molar-refractivity contribution in [3.8, 4) is 0 Å². The van der Waals surface area contributed by atoms with Crippen LogP contribution >= 0.6 is 24.2 Å². The Bertz CT molecular complexity index is 72.1. The molecule has 0 aliphatic heterocycles. The van der Waals surface area contributed by atoms with Crippen molar-refractivity contribution < 1.29 is 0 Å². The highest BCUT2D eigenvalue weighted by atomic mass is 35.5. The largest absolute Gasteiger partial charge is 0.393 e. The summed E-state index contributed by atoms with van der Waals surface area (Å²) in [5.41, 5.74) is 0. The number of rotatable bonds is 2. The van der Waals surface area contributed by atoms with Crippen molar-refractivity contribution in [3.63, 3.8) is 0 Å². The van der Waals surface area contributed by atoms with Gasteiger partial charge in [-0.25, -0.2) is 0 Å². The molecule has 0 saturated heterocycles. The zero-order valence-corrected chi connectivity index (χ0v) is 5.76. The first-order chi connectivity index (χ1) is 3.31. The van der Waals surface area contributed by atoms with Gasteiger partial charge >= 0.3 is 0 Å². The first-order valence-corrected chi connectivity index (χ1v) is 2.90. The predicted molar refractivity (Wildman–Crippen MR) is 36.8 cm³/mol. The summed E-state index contributed by atoms with van der Waals surface area (Å²) >= 11 is 9.32. The summed E-state index contributed by atoms with van der Waals surface area (Å²) in [5, 5.41) is 2.80. The van der Waals surface area contributed by atoms with Crippen molar-refractivity contribution in [2.45, 2.75) is 0 Å². The normalized spacial score (nSPS) is 11.6. The average Bonchev–Trinajstić information content (AvgIpc) is 1.68. The molecule has 0 fully saturated rings. The van der Waals surface area contributed by atoms with E-state index in [9.17, 15) is 0 Å². The molecule has 0 saturated carbocycles. The Morgan fingerprint density at radius 2 is 2.57 bits per heavy atom. The zero-order chi connectivity index (χ0) is 5.70. The van der Waals surface area contributed by atoms with Crippen molar-refractivity contribution in [2.24, 2.45) is 0 Å². The molecule has 0 aromatic heterocycles. The van der Waals surface area contributed by atoms with Crippen molar-refractivity contribution >= 4 is 24.2 Å². The molecule has 1 nitrogen and oxygen atoms in total. The molecule has 0 unspecified atom stereocenters. The van der Waals surface area contributed by atoms with E-state index < -0.39 is 0 Å². The van der Waals surface area contributed by atoms with Crippen LogP contribution in [0.3, 0.4) is 0 Å². The maximum absolute atomic E-state index is 5.35. The van der Waals surface area contributed by atoms with Crippen LogP contribution in [0, 0.1) is 0 Å². The second kappa shape index (κ2) is 4.34. The van der Waals surface area contributed by atoms with Crippen LogP contribution in [0.25, 0.3) is 0 Å². The third-order valence-corrected chi connectivity index (χ3v) is 1.21. The first kappa shape index (κ1) is 7.18. The van der Waals surface area contributed by atoms with Crippen molar-refractivity contribution in [1.82, 2.24) is 5.32 Å². The van der Waals surface area contributed by atoms with Gasteiger partial charge in [-0.1, -0.05) is 0 Å². The smallest absolute Gasteiger partial charge is 0.0545 e. The summed E-state index contributed by atoms with van der Waals surface area (Å²) < 4.78 is 0. The number of halogens is 1. The van der Waals surface area contributed by atoms with E-state index in [0.29, 0.717) is 5.88 Å². The Morgan fingerprint density at radius 1 is 2.00 bits per heavy atom. The minimum atomic E-state index is 0.476. The van der Waals surface area contributed by atoms with Gasteiger partial charge in [0.15, 0.2) is 0 Å². The Morgan fingerprint density at radius 3 is 2.71 bits per heavy atom. The molecule has 42 valence electrons. The number of nitrogens with one attached hydrogen (secondary N) is 1.